The van der Waals surface area contributed by atoms with Crippen LogP contribution >= 0.6 is 0 Å². The van der Waals surface area contributed by atoms with Gasteiger partial charge in [0.1, 0.15) is 0 Å². The number of fused-ring (bicyclic) bond motifs is 1. The lowest BCUT2D eigenvalue weighted by molar-refractivity contribution is 0.0988. The second-order valence-corrected chi connectivity index (χ2v) is 9.03. The largest absolute Gasteiger partial charge is 0.308 e. The Morgan fingerprint density at radius 1 is 1.15 bits per heavy atom. The molecule has 2 aromatic rings. The highest BCUT2D eigenvalue weighted by Gasteiger charge is 2.26. The molecule has 1 aliphatic heterocycles. The number of hydrogen-bond donors (Lipinski definition) is 0. The van der Waals surface area contributed by atoms with Crippen LogP contribution in [-0.4, -0.2) is 33.7 Å². The first-order chi connectivity index (χ1) is 12.7. The van der Waals surface area contributed by atoms with Gasteiger partial charge in [-0.2, -0.15) is 0 Å². The predicted molar refractivity (Wildman–Crippen MR) is 110 cm³/mol. The van der Waals surface area contributed by atoms with Crippen LogP contribution in [0.25, 0.3) is 0 Å². The van der Waals surface area contributed by atoms with Gasteiger partial charge in [-0.3, -0.25) is 9.10 Å². The Kier molecular flexibility index (Phi) is 5.29. The molecule has 0 aromatic heterocycles. The van der Waals surface area contributed by atoms with Crippen LogP contribution in [0.1, 0.15) is 40.4 Å². The predicted octanol–water partition coefficient (Wildman–Crippen LogP) is 3.68. The molecule has 0 saturated carbocycles. The summed E-state index contributed by atoms with van der Waals surface area (Å²) in [7, 11) is -3.31. The average Bonchev–Trinajstić information content (AvgIpc) is 2.63. The zero-order valence-corrected chi connectivity index (χ0v) is 17.1. The van der Waals surface area contributed by atoms with Crippen molar-refractivity contribution in [3.05, 3.63) is 58.7 Å². The Morgan fingerprint density at radius 3 is 2.56 bits per heavy atom. The summed E-state index contributed by atoms with van der Waals surface area (Å²) in [6.45, 7) is 7.03. The number of aryl methyl sites for hydroxylation is 3. The molecule has 1 aliphatic rings. The number of carbonyl (C=O) groups excluding carboxylic acids is 1. The van der Waals surface area contributed by atoms with Crippen LogP contribution < -0.4 is 9.21 Å². The van der Waals surface area contributed by atoms with E-state index in [1.165, 1.54) is 10.6 Å². The van der Waals surface area contributed by atoms with Crippen LogP contribution in [0.5, 0.6) is 0 Å². The van der Waals surface area contributed by atoms with Crippen LogP contribution in [0.3, 0.4) is 0 Å². The smallest absolute Gasteiger partial charge is 0.258 e. The van der Waals surface area contributed by atoms with Crippen LogP contribution in [0.4, 0.5) is 11.4 Å². The summed E-state index contributed by atoms with van der Waals surface area (Å²) in [5, 5.41) is 0. The highest BCUT2D eigenvalue weighted by atomic mass is 32.2. The van der Waals surface area contributed by atoms with E-state index in [9.17, 15) is 13.2 Å². The van der Waals surface area contributed by atoms with Crippen molar-refractivity contribution in [1.82, 2.24) is 0 Å². The van der Waals surface area contributed by atoms with Crippen LogP contribution in [0, 0.1) is 13.8 Å². The van der Waals surface area contributed by atoms with Gasteiger partial charge in [0.25, 0.3) is 5.91 Å². The molecule has 0 saturated heterocycles. The molecule has 0 unspecified atom stereocenters. The third-order valence-electron chi connectivity index (χ3n) is 5.02. The molecule has 2 aromatic carbocycles. The van der Waals surface area contributed by atoms with Crippen molar-refractivity contribution in [1.29, 1.82) is 0 Å². The Bertz CT molecular complexity index is 983. The third-order valence-corrected chi connectivity index (χ3v) is 6.20. The lowest BCUT2D eigenvalue weighted by Crippen LogP contribution is -2.35. The molecule has 0 fully saturated rings. The number of hydrogen-bond acceptors (Lipinski definition) is 3. The maximum atomic E-state index is 13.2. The fourth-order valence-corrected chi connectivity index (χ4v) is 4.63. The molecule has 144 valence electrons. The molecule has 0 atom stereocenters. The van der Waals surface area contributed by atoms with Gasteiger partial charge in [-0.1, -0.05) is 12.1 Å². The van der Waals surface area contributed by atoms with Crippen molar-refractivity contribution in [3.8, 4) is 0 Å². The fourth-order valence-electron chi connectivity index (χ4n) is 3.63. The number of amides is 1. The van der Waals surface area contributed by atoms with E-state index in [-0.39, 0.29) is 5.91 Å². The van der Waals surface area contributed by atoms with Crippen molar-refractivity contribution in [2.45, 2.75) is 33.6 Å². The third kappa shape index (κ3) is 3.86. The van der Waals surface area contributed by atoms with Gasteiger partial charge in [-0.25, -0.2) is 8.42 Å². The maximum absolute atomic E-state index is 13.2. The molecular weight excluding hydrogens is 360 g/mol. The molecule has 0 radical (unpaired) electrons. The normalized spacial score (nSPS) is 14.0. The summed E-state index contributed by atoms with van der Waals surface area (Å²) in [6.07, 6.45) is 2.75. The topological polar surface area (TPSA) is 57.7 Å². The standard InChI is InChI=1S/C21H26N2O3S/c1-5-22(20-13-15(2)8-9-16(20)3)21(24)18-10-11-19-17(14-18)7-6-12-23(19)27(4,25)26/h8-11,13-14H,5-7,12H2,1-4H3. The molecule has 0 aliphatic carbocycles. The summed E-state index contributed by atoms with van der Waals surface area (Å²) >= 11 is 0. The van der Waals surface area contributed by atoms with E-state index in [4.69, 9.17) is 0 Å². The molecule has 3 rings (SSSR count). The number of nitrogens with zero attached hydrogens (tertiary/aromatic N) is 2. The molecule has 27 heavy (non-hydrogen) atoms. The number of anilines is 2. The Morgan fingerprint density at radius 2 is 1.89 bits per heavy atom. The Balaban J connectivity index is 1.99. The SMILES string of the molecule is CCN(C(=O)c1ccc2c(c1)CCCN2S(C)(=O)=O)c1cc(C)ccc1C. The van der Waals surface area contributed by atoms with Gasteiger partial charge in [0.2, 0.25) is 10.0 Å². The number of carbonyl (C=O) groups is 1. The first-order valence-electron chi connectivity index (χ1n) is 9.22. The lowest BCUT2D eigenvalue weighted by Gasteiger charge is -2.30. The van der Waals surface area contributed by atoms with Gasteiger partial charge in [-0.05, 0) is 74.6 Å². The molecule has 5 nitrogen and oxygen atoms in total. The molecule has 1 heterocycles. The van der Waals surface area contributed by atoms with E-state index in [1.54, 1.807) is 17.0 Å². The first-order valence-corrected chi connectivity index (χ1v) is 11.1. The van der Waals surface area contributed by atoms with Gasteiger partial charge in [0.05, 0.1) is 11.9 Å². The summed E-state index contributed by atoms with van der Waals surface area (Å²) in [5.74, 6) is -0.0644. The zero-order valence-electron chi connectivity index (χ0n) is 16.3. The van der Waals surface area contributed by atoms with Gasteiger partial charge in [0, 0.05) is 24.3 Å². The van der Waals surface area contributed by atoms with E-state index in [0.29, 0.717) is 24.3 Å². The van der Waals surface area contributed by atoms with Crippen LogP contribution in [0.2, 0.25) is 0 Å². The molecule has 1 amide bonds. The van der Waals surface area contributed by atoms with Crippen LogP contribution in [-0.2, 0) is 16.4 Å². The second kappa shape index (κ2) is 7.35. The summed E-state index contributed by atoms with van der Waals surface area (Å²) in [6, 6.07) is 11.4. The van der Waals surface area contributed by atoms with E-state index >= 15 is 0 Å². The van der Waals surface area contributed by atoms with E-state index in [0.717, 1.165) is 35.2 Å². The Hall–Kier alpha value is -2.34. The van der Waals surface area contributed by atoms with Crippen molar-refractivity contribution in [2.75, 3.05) is 28.6 Å². The van der Waals surface area contributed by atoms with Gasteiger partial charge in [0.15, 0.2) is 0 Å². The van der Waals surface area contributed by atoms with Gasteiger partial charge < -0.3 is 4.90 Å². The average molecular weight is 387 g/mol. The van der Waals surface area contributed by atoms with Crippen LogP contribution in [0.15, 0.2) is 36.4 Å². The minimum atomic E-state index is -3.31. The zero-order chi connectivity index (χ0) is 19.8. The van der Waals surface area contributed by atoms with Crippen molar-refractivity contribution in [3.63, 3.8) is 0 Å². The second-order valence-electron chi connectivity index (χ2n) is 7.12. The molecule has 0 N–H and O–H groups in total. The van der Waals surface area contributed by atoms with Crippen molar-refractivity contribution < 1.29 is 13.2 Å². The fraction of sp³-hybridized carbons (Fsp3) is 0.381. The van der Waals surface area contributed by atoms with Crippen molar-refractivity contribution >= 4 is 27.3 Å². The molecule has 0 bridgehead atoms. The Labute approximate surface area is 161 Å². The van der Waals surface area contributed by atoms with E-state index < -0.39 is 10.0 Å². The summed E-state index contributed by atoms with van der Waals surface area (Å²) in [5.41, 5.74) is 5.27. The van der Waals surface area contributed by atoms with E-state index in [1.807, 2.05) is 45.0 Å². The maximum Gasteiger partial charge on any atom is 0.258 e. The molecule has 0 spiro atoms. The molecular formula is C21H26N2O3S. The number of sulfonamides is 1. The number of rotatable bonds is 4. The van der Waals surface area contributed by atoms with Crippen molar-refractivity contribution in [2.24, 2.45) is 0 Å². The highest BCUT2D eigenvalue weighted by Crippen LogP contribution is 2.31. The molecule has 6 heteroatoms. The number of benzene rings is 2. The first kappa shape index (κ1) is 19.4. The van der Waals surface area contributed by atoms with Gasteiger partial charge >= 0.3 is 0 Å². The summed E-state index contributed by atoms with van der Waals surface area (Å²) < 4.78 is 25.5. The highest BCUT2D eigenvalue weighted by molar-refractivity contribution is 7.92. The van der Waals surface area contributed by atoms with Gasteiger partial charge in [-0.15, -0.1) is 0 Å². The summed E-state index contributed by atoms with van der Waals surface area (Å²) in [4.78, 5) is 15.0. The van der Waals surface area contributed by atoms with E-state index in [2.05, 4.69) is 0 Å². The monoisotopic (exact) mass is 386 g/mol. The lowest BCUT2D eigenvalue weighted by atomic mass is 10.00. The quantitative estimate of drug-likeness (QED) is 0.805. The minimum Gasteiger partial charge on any atom is -0.308 e. The minimum absolute atomic E-state index is 0.0644.